The predicted octanol–water partition coefficient (Wildman–Crippen LogP) is 3.05. The standard InChI is InChI=1S/C13H17N3O2S2/c1-7-5-14-13(19-6-11(17)18)16(7)9(3)12-8(2)15-10(4)20-12/h5,9H,6H2,1-4H3,(H,17,18). The zero-order valence-electron chi connectivity index (χ0n) is 11.9. The first-order valence-electron chi connectivity index (χ1n) is 6.22. The Hall–Kier alpha value is -1.34. The lowest BCUT2D eigenvalue weighted by atomic mass is 10.2. The largest absolute Gasteiger partial charge is 0.481 e. The van der Waals surface area contributed by atoms with Crippen LogP contribution < -0.4 is 0 Å². The van der Waals surface area contributed by atoms with E-state index in [0.29, 0.717) is 0 Å². The second kappa shape index (κ2) is 5.97. The fourth-order valence-electron chi connectivity index (χ4n) is 2.18. The molecule has 108 valence electrons. The molecule has 2 aromatic rings. The number of carboxylic acids is 1. The van der Waals surface area contributed by atoms with Crippen LogP contribution in [0.1, 0.15) is 34.2 Å². The van der Waals surface area contributed by atoms with Gasteiger partial charge in [0.25, 0.3) is 0 Å². The average molecular weight is 311 g/mol. The van der Waals surface area contributed by atoms with Gasteiger partial charge in [-0.25, -0.2) is 9.97 Å². The first-order chi connectivity index (χ1) is 9.40. The fourth-order valence-corrected chi connectivity index (χ4v) is 3.97. The third-order valence-corrected chi connectivity index (χ3v) is 5.17. The minimum Gasteiger partial charge on any atom is -0.481 e. The Morgan fingerprint density at radius 1 is 1.50 bits per heavy atom. The molecule has 0 amide bonds. The van der Waals surface area contributed by atoms with E-state index in [1.807, 2.05) is 20.8 Å². The highest BCUT2D eigenvalue weighted by Gasteiger charge is 2.20. The average Bonchev–Trinajstić information content (AvgIpc) is 2.89. The van der Waals surface area contributed by atoms with Gasteiger partial charge >= 0.3 is 5.97 Å². The summed E-state index contributed by atoms with van der Waals surface area (Å²) < 4.78 is 2.08. The highest BCUT2D eigenvalue weighted by Crippen LogP contribution is 2.32. The smallest absolute Gasteiger partial charge is 0.313 e. The number of carboxylic acid groups (broad SMARTS) is 1. The molecule has 0 bridgehead atoms. The summed E-state index contributed by atoms with van der Waals surface area (Å²) >= 11 is 2.93. The molecule has 2 aromatic heterocycles. The summed E-state index contributed by atoms with van der Waals surface area (Å²) in [5.74, 6) is -0.816. The van der Waals surface area contributed by atoms with Crippen LogP contribution in [-0.2, 0) is 4.79 Å². The lowest BCUT2D eigenvalue weighted by molar-refractivity contribution is -0.133. The van der Waals surface area contributed by atoms with Crippen molar-refractivity contribution in [3.8, 4) is 0 Å². The number of aromatic nitrogens is 3. The number of imidazole rings is 1. The van der Waals surface area contributed by atoms with Gasteiger partial charge in [-0.15, -0.1) is 11.3 Å². The number of carbonyl (C=O) groups is 1. The number of aryl methyl sites for hydroxylation is 3. The number of thioether (sulfide) groups is 1. The molecular formula is C13H17N3O2S2. The third-order valence-electron chi connectivity index (χ3n) is 2.98. The van der Waals surface area contributed by atoms with Gasteiger partial charge < -0.3 is 9.67 Å². The van der Waals surface area contributed by atoms with Crippen molar-refractivity contribution in [2.24, 2.45) is 0 Å². The van der Waals surface area contributed by atoms with Crippen LogP contribution in [0, 0.1) is 20.8 Å². The molecule has 0 fully saturated rings. The van der Waals surface area contributed by atoms with Gasteiger partial charge in [0.1, 0.15) is 0 Å². The first kappa shape index (κ1) is 15.1. The first-order valence-corrected chi connectivity index (χ1v) is 8.02. The van der Waals surface area contributed by atoms with Crippen LogP contribution in [-0.4, -0.2) is 31.4 Å². The summed E-state index contributed by atoms with van der Waals surface area (Å²) in [5, 5.41) is 10.6. The Bertz CT molecular complexity index is 634. The minimum atomic E-state index is -0.834. The number of hydrogen-bond acceptors (Lipinski definition) is 5. The van der Waals surface area contributed by atoms with Crippen molar-refractivity contribution in [2.45, 2.75) is 38.9 Å². The molecule has 5 nitrogen and oxygen atoms in total. The zero-order valence-corrected chi connectivity index (χ0v) is 13.5. The maximum absolute atomic E-state index is 10.7. The Morgan fingerprint density at radius 2 is 2.20 bits per heavy atom. The molecular weight excluding hydrogens is 294 g/mol. The number of hydrogen-bond donors (Lipinski definition) is 1. The Kier molecular flexibility index (Phi) is 4.49. The van der Waals surface area contributed by atoms with E-state index in [2.05, 4.69) is 21.5 Å². The van der Waals surface area contributed by atoms with Crippen molar-refractivity contribution in [1.82, 2.24) is 14.5 Å². The van der Waals surface area contributed by atoms with Crippen LogP contribution in [0.3, 0.4) is 0 Å². The molecule has 0 saturated carbocycles. The van der Waals surface area contributed by atoms with Crippen LogP contribution in [0.25, 0.3) is 0 Å². The van der Waals surface area contributed by atoms with Gasteiger partial charge in [-0.05, 0) is 27.7 Å². The predicted molar refractivity (Wildman–Crippen MR) is 80.7 cm³/mol. The van der Waals surface area contributed by atoms with E-state index in [-0.39, 0.29) is 11.8 Å². The number of aliphatic carboxylic acids is 1. The van der Waals surface area contributed by atoms with Gasteiger partial charge in [0, 0.05) is 11.9 Å². The van der Waals surface area contributed by atoms with Crippen LogP contribution >= 0.6 is 23.1 Å². The van der Waals surface area contributed by atoms with E-state index >= 15 is 0 Å². The van der Waals surface area contributed by atoms with E-state index < -0.39 is 5.97 Å². The number of thiazole rings is 1. The van der Waals surface area contributed by atoms with E-state index in [0.717, 1.165) is 21.6 Å². The molecule has 2 heterocycles. The molecule has 1 unspecified atom stereocenters. The summed E-state index contributed by atoms with van der Waals surface area (Å²) in [6, 6.07) is 0.111. The molecule has 0 saturated heterocycles. The molecule has 0 spiro atoms. The van der Waals surface area contributed by atoms with Crippen molar-refractivity contribution in [3.63, 3.8) is 0 Å². The van der Waals surface area contributed by atoms with Crippen LogP contribution in [0.5, 0.6) is 0 Å². The Balaban J connectivity index is 2.34. The summed E-state index contributed by atoms with van der Waals surface area (Å²) in [4.78, 5) is 20.7. The molecule has 0 aliphatic rings. The number of rotatable bonds is 5. The van der Waals surface area contributed by atoms with E-state index in [1.165, 1.54) is 16.6 Å². The number of nitrogens with zero attached hydrogens (tertiary/aromatic N) is 3. The molecule has 0 aromatic carbocycles. The quantitative estimate of drug-likeness (QED) is 0.860. The van der Waals surface area contributed by atoms with Gasteiger partial charge in [0.15, 0.2) is 5.16 Å². The van der Waals surface area contributed by atoms with E-state index in [1.54, 1.807) is 17.5 Å². The zero-order chi connectivity index (χ0) is 14.9. The van der Waals surface area contributed by atoms with Gasteiger partial charge in [0.2, 0.25) is 0 Å². The fraction of sp³-hybridized carbons (Fsp3) is 0.462. The third kappa shape index (κ3) is 3.04. The maximum atomic E-state index is 10.7. The normalized spacial score (nSPS) is 12.6. The van der Waals surface area contributed by atoms with Crippen LogP contribution in [0.4, 0.5) is 0 Å². The summed E-state index contributed by atoms with van der Waals surface area (Å²) in [6.07, 6.45) is 1.78. The highest BCUT2D eigenvalue weighted by atomic mass is 32.2. The minimum absolute atomic E-state index is 0.0177. The Morgan fingerprint density at radius 3 is 2.75 bits per heavy atom. The topological polar surface area (TPSA) is 68.0 Å². The summed E-state index contributed by atoms with van der Waals surface area (Å²) in [7, 11) is 0. The van der Waals surface area contributed by atoms with Gasteiger partial charge in [-0.3, -0.25) is 4.79 Å². The SMILES string of the molecule is Cc1nc(C)c(C(C)n2c(C)cnc2SCC(=O)O)s1. The molecule has 20 heavy (non-hydrogen) atoms. The summed E-state index contributed by atoms with van der Waals surface area (Å²) in [5.41, 5.74) is 2.05. The summed E-state index contributed by atoms with van der Waals surface area (Å²) in [6.45, 7) is 8.08. The van der Waals surface area contributed by atoms with E-state index in [4.69, 9.17) is 5.11 Å². The monoisotopic (exact) mass is 311 g/mol. The molecule has 0 aliphatic heterocycles. The molecule has 0 aliphatic carbocycles. The van der Waals surface area contributed by atoms with Gasteiger partial charge in [-0.1, -0.05) is 11.8 Å². The van der Waals surface area contributed by atoms with E-state index in [9.17, 15) is 4.79 Å². The second-order valence-electron chi connectivity index (χ2n) is 4.59. The molecule has 2 rings (SSSR count). The Labute approximate surface area is 126 Å². The maximum Gasteiger partial charge on any atom is 0.313 e. The lowest BCUT2D eigenvalue weighted by Crippen LogP contribution is -2.10. The molecule has 0 radical (unpaired) electrons. The molecule has 7 heteroatoms. The molecule has 1 atom stereocenters. The van der Waals surface area contributed by atoms with Crippen molar-refractivity contribution in [3.05, 3.63) is 27.5 Å². The van der Waals surface area contributed by atoms with Crippen molar-refractivity contribution in [1.29, 1.82) is 0 Å². The van der Waals surface area contributed by atoms with Crippen molar-refractivity contribution in [2.75, 3.05) is 5.75 Å². The highest BCUT2D eigenvalue weighted by molar-refractivity contribution is 7.99. The second-order valence-corrected chi connectivity index (χ2v) is 6.77. The van der Waals surface area contributed by atoms with Gasteiger partial charge in [0.05, 0.1) is 27.4 Å². The molecule has 1 N–H and O–H groups in total. The van der Waals surface area contributed by atoms with Crippen molar-refractivity contribution < 1.29 is 9.90 Å². The van der Waals surface area contributed by atoms with Crippen LogP contribution in [0.15, 0.2) is 11.4 Å². The lowest BCUT2D eigenvalue weighted by Gasteiger charge is -2.17. The van der Waals surface area contributed by atoms with Crippen LogP contribution in [0.2, 0.25) is 0 Å². The van der Waals surface area contributed by atoms with Gasteiger partial charge in [-0.2, -0.15) is 0 Å². The van der Waals surface area contributed by atoms with Crippen molar-refractivity contribution >= 4 is 29.1 Å².